The van der Waals surface area contributed by atoms with Crippen LogP contribution in [0.2, 0.25) is 5.02 Å². The summed E-state index contributed by atoms with van der Waals surface area (Å²) in [7, 11) is 0. The van der Waals surface area contributed by atoms with E-state index in [2.05, 4.69) is 21.0 Å². The minimum absolute atomic E-state index is 0.0397. The molecule has 1 heterocycles. The van der Waals surface area contributed by atoms with Gasteiger partial charge in [-0.1, -0.05) is 11.6 Å². The van der Waals surface area contributed by atoms with Crippen molar-refractivity contribution in [2.24, 2.45) is 0 Å². The summed E-state index contributed by atoms with van der Waals surface area (Å²) in [5, 5.41) is 13.9. The molecule has 0 saturated heterocycles. The summed E-state index contributed by atoms with van der Waals surface area (Å²) >= 11 is 9.29. The Labute approximate surface area is 135 Å². The fraction of sp³-hybridized carbons (Fsp3) is 0.286. The first-order valence-electron chi connectivity index (χ1n) is 6.31. The van der Waals surface area contributed by atoms with E-state index in [1.54, 1.807) is 12.1 Å². The molecule has 0 spiro atoms. The summed E-state index contributed by atoms with van der Waals surface area (Å²) in [5.74, 6) is -0.799. The zero-order valence-electron chi connectivity index (χ0n) is 11.6. The first-order chi connectivity index (χ1) is 9.93. The first-order valence-corrected chi connectivity index (χ1v) is 7.48. The van der Waals surface area contributed by atoms with Gasteiger partial charge < -0.3 is 9.84 Å². The van der Waals surface area contributed by atoms with Crippen molar-refractivity contribution in [1.82, 2.24) is 9.78 Å². The molecule has 21 heavy (non-hydrogen) atoms. The minimum atomic E-state index is -1.08. The van der Waals surface area contributed by atoms with E-state index in [1.807, 2.05) is 18.5 Å². The van der Waals surface area contributed by atoms with Crippen LogP contribution in [-0.4, -0.2) is 20.9 Å². The maximum Gasteiger partial charge on any atom is 0.339 e. The van der Waals surface area contributed by atoms with Gasteiger partial charge in [-0.05, 0) is 48.0 Å². The Kier molecular flexibility index (Phi) is 4.90. The topological polar surface area (TPSA) is 64.4 Å². The summed E-state index contributed by atoms with van der Waals surface area (Å²) in [5.41, 5.74) is 1.77. The lowest BCUT2D eigenvalue weighted by Crippen LogP contribution is -2.08. The number of carboxylic acid groups (broad SMARTS) is 1. The van der Waals surface area contributed by atoms with Crippen molar-refractivity contribution in [2.75, 3.05) is 0 Å². The fourth-order valence-corrected chi connectivity index (χ4v) is 2.52. The Morgan fingerprint density at radius 2 is 2.24 bits per heavy atom. The lowest BCUT2D eigenvalue weighted by atomic mass is 10.2. The van der Waals surface area contributed by atoms with Crippen LogP contribution in [-0.2, 0) is 13.2 Å². The SMILES string of the molecule is CCn1nc(C)c(Br)c1COc1ccc(Cl)cc1C(=O)O. The number of carbonyl (C=O) groups is 1. The number of aryl methyl sites for hydroxylation is 2. The molecule has 7 heteroatoms. The summed E-state index contributed by atoms with van der Waals surface area (Å²) in [6.07, 6.45) is 0. The number of rotatable bonds is 5. The third kappa shape index (κ3) is 3.39. The van der Waals surface area contributed by atoms with Crippen LogP contribution >= 0.6 is 27.5 Å². The molecule has 112 valence electrons. The maximum atomic E-state index is 11.2. The van der Waals surface area contributed by atoms with Crippen molar-refractivity contribution in [3.05, 3.63) is 44.6 Å². The molecule has 0 bridgehead atoms. The molecular formula is C14H14BrClN2O3. The number of ether oxygens (including phenoxy) is 1. The molecule has 0 aliphatic rings. The minimum Gasteiger partial charge on any atom is -0.486 e. The van der Waals surface area contributed by atoms with E-state index >= 15 is 0 Å². The highest BCUT2D eigenvalue weighted by Crippen LogP contribution is 2.26. The van der Waals surface area contributed by atoms with Gasteiger partial charge in [-0.15, -0.1) is 0 Å². The number of hydrogen-bond donors (Lipinski definition) is 1. The second-order valence-electron chi connectivity index (χ2n) is 4.40. The molecule has 0 atom stereocenters. The predicted octanol–water partition coefficient (Wildman–Crippen LogP) is 3.90. The average Bonchev–Trinajstić information content (AvgIpc) is 2.72. The third-order valence-electron chi connectivity index (χ3n) is 2.99. The van der Waals surface area contributed by atoms with Gasteiger partial charge in [0.05, 0.1) is 15.9 Å². The fourth-order valence-electron chi connectivity index (χ4n) is 1.95. The predicted molar refractivity (Wildman–Crippen MR) is 83.1 cm³/mol. The van der Waals surface area contributed by atoms with E-state index in [0.717, 1.165) is 15.9 Å². The van der Waals surface area contributed by atoms with Crippen LogP contribution in [0.3, 0.4) is 0 Å². The smallest absolute Gasteiger partial charge is 0.339 e. The van der Waals surface area contributed by atoms with Gasteiger partial charge in [0, 0.05) is 11.6 Å². The van der Waals surface area contributed by atoms with Gasteiger partial charge in [0.1, 0.15) is 17.9 Å². The zero-order chi connectivity index (χ0) is 15.6. The number of aromatic nitrogens is 2. The number of carboxylic acids is 1. The Morgan fingerprint density at radius 1 is 1.52 bits per heavy atom. The van der Waals surface area contributed by atoms with E-state index in [0.29, 0.717) is 11.6 Å². The van der Waals surface area contributed by atoms with Crippen molar-refractivity contribution in [1.29, 1.82) is 0 Å². The van der Waals surface area contributed by atoms with E-state index in [1.165, 1.54) is 6.07 Å². The molecule has 0 fully saturated rings. The Bertz CT molecular complexity index is 685. The van der Waals surface area contributed by atoms with E-state index in [4.69, 9.17) is 16.3 Å². The monoisotopic (exact) mass is 372 g/mol. The van der Waals surface area contributed by atoms with E-state index in [9.17, 15) is 9.90 Å². The van der Waals surface area contributed by atoms with Gasteiger partial charge in [-0.25, -0.2) is 4.79 Å². The molecule has 2 rings (SSSR count). The number of nitrogens with zero attached hydrogens (tertiary/aromatic N) is 2. The van der Waals surface area contributed by atoms with Crippen LogP contribution in [0.15, 0.2) is 22.7 Å². The van der Waals surface area contributed by atoms with Crippen molar-refractivity contribution >= 4 is 33.5 Å². The van der Waals surface area contributed by atoms with Crippen LogP contribution in [0.5, 0.6) is 5.75 Å². The van der Waals surface area contributed by atoms with Gasteiger partial charge in [0.2, 0.25) is 0 Å². The largest absolute Gasteiger partial charge is 0.486 e. The number of halogens is 2. The van der Waals surface area contributed by atoms with Crippen LogP contribution in [0.1, 0.15) is 28.7 Å². The highest BCUT2D eigenvalue weighted by Gasteiger charge is 2.16. The normalized spacial score (nSPS) is 10.7. The van der Waals surface area contributed by atoms with Gasteiger partial charge >= 0.3 is 5.97 Å². The Balaban J connectivity index is 2.27. The van der Waals surface area contributed by atoms with Crippen LogP contribution in [0, 0.1) is 6.92 Å². The summed E-state index contributed by atoms with van der Waals surface area (Å²) in [6.45, 7) is 4.80. The summed E-state index contributed by atoms with van der Waals surface area (Å²) < 4.78 is 8.33. The molecule has 0 amide bonds. The molecule has 2 aromatic rings. The second-order valence-corrected chi connectivity index (χ2v) is 5.63. The lowest BCUT2D eigenvalue weighted by Gasteiger charge is -2.11. The number of aromatic carboxylic acids is 1. The van der Waals surface area contributed by atoms with Crippen molar-refractivity contribution in [2.45, 2.75) is 27.0 Å². The molecule has 5 nitrogen and oxygen atoms in total. The number of hydrogen-bond acceptors (Lipinski definition) is 3. The van der Waals surface area contributed by atoms with Crippen LogP contribution in [0.25, 0.3) is 0 Å². The molecule has 0 radical (unpaired) electrons. The molecule has 1 aromatic carbocycles. The molecule has 1 aromatic heterocycles. The number of benzene rings is 1. The van der Waals surface area contributed by atoms with Gasteiger partial charge in [0.25, 0.3) is 0 Å². The van der Waals surface area contributed by atoms with Gasteiger partial charge in [0.15, 0.2) is 0 Å². The Morgan fingerprint density at radius 3 is 2.86 bits per heavy atom. The molecular weight excluding hydrogens is 360 g/mol. The summed E-state index contributed by atoms with van der Waals surface area (Å²) in [6, 6.07) is 4.52. The molecule has 1 N–H and O–H groups in total. The van der Waals surface area contributed by atoms with Crippen LogP contribution < -0.4 is 4.74 Å². The zero-order valence-corrected chi connectivity index (χ0v) is 13.9. The maximum absolute atomic E-state index is 11.2. The van der Waals surface area contributed by atoms with Gasteiger partial charge in [-0.3, -0.25) is 4.68 Å². The van der Waals surface area contributed by atoms with E-state index < -0.39 is 5.97 Å². The quantitative estimate of drug-likeness (QED) is 0.863. The standard InChI is InChI=1S/C14H14BrClN2O3/c1-3-18-11(13(15)8(2)17-18)7-21-12-5-4-9(16)6-10(12)14(19)20/h4-6H,3,7H2,1-2H3,(H,19,20). The van der Waals surface area contributed by atoms with Crippen molar-refractivity contribution < 1.29 is 14.6 Å². The third-order valence-corrected chi connectivity index (χ3v) is 4.26. The molecule has 0 unspecified atom stereocenters. The van der Waals surface area contributed by atoms with Crippen molar-refractivity contribution in [3.8, 4) is 5.75 Å². The van der Waals surface area contributed by atoms with Crippen molar-refractivity contribution in [3.63, 3.8) is 0 Å². The first kappa shape index (κ1) is 15.9. The average molecular weight is 374 g/mol. The van der Waals surface area contributed by atoms with Crippen LogP contribution in [0.4, 0.5) is 0 Å². The van der Waals surface area contributed by atoms with Gasteiger partial charge in [-0.2, -0.15) is 5.10 Å². The summed E-state index contributed by atoms with van der Waals surface area (Å²) in [4.78, 5) is 11.2. The highest BCUT2D eigenvalue weighted by atomic mass is 79.9. The lowest BCUT2D eigenvalue weighted by molar-refractivity contribution is 0.0691. The van der Waals surface area contributed by atoms with E-state index in [-0.39, 0.29) is 17.9 Å². The molecule has 0 saturated carbocycles. The Hall–Kier alpha value is -1.53. The molecule has 0 aliphatic heterocycles. The molecule has 0 aliphatic carbocycles. The second kappa shape index (κ2) is 6.49. The highest BCUT2D eigenvalue weighted by molar-refractivity contribution is 9.10.